The summed E-state index contributed by atoms with van der Waals surface area (Å²) in [4.78, 5) is 0. The topological polar surface area (TPSA) is 29.5 Å². The molecule has 0 radical (unpaired) electrons. The maximum Gasteiger partial charge on any atom is 0.122 e. The van der Waals surface area contributed by atoms with E-state index in [0.29, 0.717) is 11.4 Å². The van der Waals surface area contributed by atoms with Crippen LogP contribution in [0, 0.1) is 11.3 Å². The van der Waals surface area contributed by atoms with Crippen molar-refractivity contribution in [1.82, 2.24) is 0 Å². The number of benzene rings is 1. The number of halogens is 1. The molecule has 0 aromatic heterocycles. The smallest absolute Gasteiger partial charge is 0.122 e. The molecule has 0 aliphatic heterocycles. The van der Waals surface area contributed by atoms with Crippen molar-refractivity contribution in [1.29, 1.82) is 0 Å². The zero-order chi connectivity index (χ0) is 13.9. The molecule has 0 heterocycles. The summed E-state index contributed by atoms with van der Waals surface area (Å²) in [7, 11) is 1.63. The number of aliphatic hydroxyl groups is 1. The summed E-state index contributed by atoms with van der Waals surface area (Å²) in [5, 5.41) is 11.0. The van der Waals surface area contributed by atoms with Crippen molar-refractivity contribution in [2.24, 2.45) is 11.3 Å². The number of methoxy groups -OCH3 is 1. The summed E-state index contributed by atoms with van der Waals surface area (Å²) in [5.74, 6) is 0.973. The third kappa shape index (κ3) is 3.89. The molecule has 0 spiro atoms. The van der Waals surface area contributed by atoms with Gasteiger partial charge in [-0.3, -0.25) is 0 Å². The van der Waals surface area contributed by atoms with Crippen LogP contribution in [0.15, 0.2) is 18.2 Å². The fourth-order valence-electron chi connectivity index (χ4n) is 1.89. The minimum atomic E-state index is -0.405. The highest BCUT2D eigenvalue weighted by Crippen LogP contribution is 2.31. The van der Waals surface area contributed by atoms with Crippen LogP contribution < -0.4 is 4.74 Å². The molecule has 1 N–H and O–H groups in total. The summed E-state index contributed by atoms with van der Waals surface area (Å²) < 4.78 is 5.30. The number of aliphatic hydroxyl groups excluding tert-OH is 1. The summed E-state index contributed by atoms with van der Waals surface area (Å²) in [6, 6.07) is 5.49. The lowest BCUT2D eigenvalue weighted by Gasteiger charge is -2.31. The van der Waals surface area contributed by atoms with E-state index < -0.39 is 6.10 Å². The van der Waals surface area contributed by atoms with Crippen LogP contribution >= 0.6 is 11.6 Å². The van der Waals surface area contributed by atoms with Crippen LogP contribution in [0.1, 0.15) is 33.3 Å². The SMILES string of the molecule is COc1ccc(Cl)cc1CC(O)C(C)C(C)(C)C. The first-order valence-corrected chi connectivity index (χ1v) is 6.64. The first kappa shape index (κ1) is 15.3. The summed E-state index contributed by atoms with van der Waals surface area (Å²) >= 11 is 5.99. The lowest BCUT2D eigenvalue weighted by Crippen LogP contribution is -2.31. The van der Waals surface area contributed by atoms with Gasteiger partial charge >= 0.3 is 0 Å². The molecule has 2 unspecified atom stereocenters. The zero-order valence-corrected chi connectivity index (χ0v) is 12.6. The van der Waals surface area contributed by atoms with E-state index in [0.717, 1.165) is 11.3 Å². The van der Waals surface area contributed by atoms with Crippen LogP contribution in [0.5, 0.6) is 5.75 Å². The third-order valence-corrected chi connectivity index (χ3v) is 3.85. The molecule has 2 nitrogen and oxygen atoms in total. The Morgan fingerprint density at radius 2 is 1.94 bits per heavy atom. The van der Waals surface area contributed by atoms with Gasteiger partial charge in [-0.2, -0.15) is 0 Å². The van der Waals surface area contributed by atoms with Crippen LogP contribution in [0.25, 0.3) is 0 Å². The number of hydrogen-bond acceptors (Lipinski definition) is 2. The second-order valence-corrected chi connectivity index (χ2v) is 6.32. The van der Waals surface area contributed by atoms with E-state index in [4.69, 9.17) is 16.3 Å². The molecule has 1 aromatic carbocycles. The van der Waals surface area contributed by atoms with Crippen LogP contribution in [0.2, 0.25) is 5.02 Å². The predicted octanol–water partition coefficient (Wildman–Crippen LogP) is 3.93. The Kier molecular flexibility index (Phi) is 5.06. The molecule has 0 bridgehead atoms. The minimum absolute atomic E-state index is 0.0746. The van der Waals surface area contributed by atoms with E-state index >= 15 is 0 Å². The molecule has 0 aliphatic rings. The van der Waals surface area contributed by atoms with Gasteiger partial charge in [-0.15, -0.1) is 0 Å². The van der Waals surface area contributed by atoms with Crippen LogP contribution in [0.4, 0.5) is 0 Å². The molecule has 0 amide bonds. The van der Waals surface area contributed by atoms with Crippen molar-refractivity contribution in [3.63, 3.8) is 0 Å². The Labute approximate surface area is 115 Å². The maximum absolute atomic E-state index is 10.3. The van der Waals surface area contributed by atoms with Gasteiger partial charge < -0.3 is 9.84 Å². The molecule has 3 heteroatoms. The van der Waals surface area contributed by atoms with Crippen molar-refractivity contribution in [2.75, 3.05) is 7.11 Å². The molecule has 0 saturated carbocycles. The molecular formula is C15H23ClO2. The maximum atomic E-state index is 10.3. The Hall–Kier alpha value is -0.730. The highest BCUT2D eigenvalue weighted by Gasteiger charge is 2.27. The number of ether oxygens (including phenoxy) is 1. The second-order valence-electron chi connectivity index (χ2n) is 5.88. The lowest BCUT2D eigenvalue weighted by molar-refractivity contribution is 0.0542. The van der Waals surface area contributed by atoms with Gasteiger partial charge in [0.05, 0.1) is 13.2 Å². The van der Waals surface area contributed by atoms with Gasteiger partial charge in [-0.05, 0) is 35.1 Å². The van der Waals surface area contributed by atoms with Crippen molar-refractivity contribution in [3.05, 3.63) is 28.8 Å². The third-order valence-electron chi connectivity index (χ3n) is 3.61. The average molecular weight is 271 g/mol. The Morgan fingerprint density at radius 1 is 1.33 bits per heavy atom. The van der Waals surface area contributed by atoms with Gasteiger partial charge in [-0.25, -0.2) is 0 Å². The average Bonchev–Trinajstić information content (AvgIpc) is 2.27. The first-order chi connectivity index (χ1) is 8.25. The monoisotopic (exact) mass is 270 g/mol. The standard InChI is InChI=1S/C15H23ClO2/c1-10(15(2,3)4)13(17)9-11-8-12(16)6-7-14(11)18-5/h6-8,10,13,17H,9H2,1-5H3. The summed E-state index contributed by atoms with van der Waals surface area (Å²) in [6.07, 6.45) is 0.152. The van der Waals surface area contributed by atoms with Crippen molar-refractivity contribution < 1.29 is 9.84 Å². The van der Waals surface area contributed by atoms with Gasteiger partial charge in [-0.1, -0.05) is 39.3 Å². The van der Waals surface area contributed by atoms with Crippen molar-refractivity contribution in [2.45, 2.75) is 40.2 Å². The van der Waals surface area contributed by atoms with Gasteiger partial charge in [0.1, 0.15) is 5.75 Å². The van der Waals surface area contributed by atoms with Crippen LogP contribution in [-0.4, -0.2) is 18.3 Å². The summed E-state index contributed by atoms with van der Waals surface area (Å²) in [6.45, 7) is 8.48. The number of rotatable bonds is 4. The second kappa shape index (κ2) is 5.94. The molecule has 0 aliphatic carbocycles. The normalized spacial score (nSPS) is 15.3. The fourth-order valence-corrected chi connectivity index (χ4v) is 2.08. The lowest BCUT2D eigenvalue weighted by atomic mass is 9.77. The Balaban J connectivity index is 2.87. The molecule has 2 atom stereocenters. The fraction of sp³-hybridized carbons (Fsp3) is 0.600. The van der Waals surface area contributed by atoms with Crippen LogP contribution in [0.3, 0.4) is 0 Å². The molecule has 18 heavy (non-hydrogen) atoms. The van der Waals surface area contributed by atoms with Crippen LogP contribution in [-0.2, 0) is 6.42 Å². The molecule has 0 fully saturated rings. The first-order valence-electron chi connectivity index (χ1n) is 6.26. The highest BCUT2D eigenvalue weighted by molar-refractivity contribution is 6.30. The van der Waals surface area contributed by atoms with Gasteiger partial charge in [0.2, 0.25) is 0 Å². The molecule has 102 valence electrons. The van der Waals surface area contributed by atoms with E-state index in [-0.39, 0.29) is 11.3 Å². The van der Waals surface area contributed by atoms with Gasteiger partial charge in [0, 0.05) is 11.4 Å². The Morgan fingerprint density at radius 3 is 2.44 bits per heavy atom. The van der Waals surface area contributed by atoms with E-state index in [1.807, 2.05) is 12.1 Å². The van der Waals surface area contributed by atoms with E-state index in [2.05, 4.69) is 27.7 Å². The van der Waals surface area contributed by atoms with E-state index in [1.54, 1.807) is 13.2 Å². The van der Waals surface area contributed by atoms with Gasteiger partial charge in [0.25, 0.3) is 0 Å². The minimum Gasteiger partial charge on any atom is -0.496 e. The zero-order valence-electron chi connectivity index (χ0n) is 11.8. The largest absolute Gasteiger partial charge is 0.496 e. The Bertz CT molecular complexity index is 396. The molecule has 1 aromatic rings. The van der Waals surface area contributed by atoms with Crippen molar-refractivity contribution in [3.8, 4) is 5.75 Å². The quantitative estimate of drug-likeness (QED) is 0.898. The van der Waals surface area contributed by atoms with E-state index in [9.17, 15) is 5.11 Å². The van der Waals surface area contributed by atoms with E-state index in [1.165, 1.54) is 0 Å². The summed E-state index contributed by atoms with van der Waals surface area (Å²) in [5.41, 5.74) is 1.03. The van der Waals surface area contributed by atoms with Crippen molar-refractivity contribution >= 4 is 11.6 Å². The highest BCUT2D eigenvalue weighted by atomic mass is 35.5. The molecule has 0 saturated heterocycles. The number of hydrogen-bond donors (Lipinski definition) is 1. The predicted molar refractivity (Wildman–Crippen MR) is 76.3 cm³/mol. The molecular weight excluding hydrogens is 248 g/mol. The van der Waals surface area contributed by atoms with Gasteiger partial charge in [0.15, 0.2) is 0 Å². The molecule has 1 rings (SSSR count).